The average molecular weight is 220 g/mol. The molecule has 0 saturated heterocycles. The molecule has 0 aromatic carbocycles. The lowest BCUT2D eigenvalue weighted by molar-refractivity contribution is 0.232. The summed E-state index contributed by atoms with van der Waals surface area (Å²) in [5.41, 5.74) is 0. The van der Waals surface area contributed by atoms with Crippen LogP contribution in [0.5, 0.6) is 0 Å². The molecule has 0 radical (unpaired) electrons. The Bertz CT molecular complexity index is 253. The molecule has 14 heavy (non-hydrogen) atoms. The molecule has 1 aliphatic carbocycles. The Morgan fingerprint density at radius 2 is 1.86 bits per heavy atom. The van der Waals surface area contributed by atoms with Gasteiger partial charge in [0.1, 0.15) is 0 Å². The van der Waals surface area contributed by atoms with Crippen molar-refractivity contribution in [3.8, 4) is 0 Å². The lowest BCUT2D eigenvalue weighted by Gasteiger charge is -2.28. The van der Waals surface area contributed by atoms with Crippen molar-refractivity contribution >= 4 is 9.84 Å². The zero-order valence-electron chi connectivity index (χ0n) is 8.78. The molecule has 0 spiro atoms. The lowest BCUT2D eigenvalue weighted by atomic mass is 9.87. The summed E-state index contributed by atoms with van der Waals surface area (Å²) in [6.45, 7) is 1.45. The van der Waals surface area contributed by atoms with Crippen molar-refractivity contribution in [3.05, 3.63) is 0 Å². The molecule has 1 fully saturated rings. The third-order valence-electron chi connectivity index (χ3n) is 3.22. The van der Waals surface area contributed by atoms with Crippen LogP contribution in [-0.2, 0) is 9.84 Å². The monoisotopic (exact) mass is 220 g/mol. The van der Waals surface area contributed by atoms with E-state index in [4.69, 9.17) is 5.11 Å². The van der Waals surface area contributed by atoms with Crippen LogP contribution >= 0.6 is 0 Å². The minimum atomic E-state index is -3.06. The normalized spacial score (nSPS) is 22.1. The summed E-state index contributed by atoms with van der Waals surface area (Å²) in [5, 5.41) is 8.66. The quantitative estimate of drug-likeness (QED) is 0.778. The van der Waals surface area contributed by atoms with E-state index in [-0.39, 0.29) is 18.3 Å². The van der Waals surface area contributed by atoms with E-state index < -0.39 is 15.1 Å². The van der Waals surface area contributed by atoms with Crippen molar-refractivity contribution in [2.45, 2.75) is 44.3 Å². The maximum atomic E-state index is 11.7. The summed E-state index contributed by atoms with van der Waals surface area (Å²) in [7, 11) is -3.06. The fourth-order valence-corrected chi connectivity index (χ4v) is 3.79. The molecule has 0 aromatic rings. The minimum Gasteiger partial charge on any atom is -0.395 e. The molecule has 0 aliphatic heterocycles. The van der Waals surface area contributed by atoms with E-state index in [1.807, 2.05) is 0 Å². The summed E-state index contributed by atoms with van der Waals surface area (Å²) in [6, 6.07) is 0. The number of aliphatic hydroxyl groups is 1. The fraction of sp³-hybridized carbons (Fsp3) is 1.00. The fourth-order valence-electron chi connectivity index (χ4n) is 2.28. The lowest BCUT2D eigenvalue weighted by Crippen LogP contribution is -2.35. The van der Waals surface area contributed by atoms with Gasteiger partial charge in [0.2, 0.25) is 0 Å². The number of hydrogen-bond donors (Lipinski definition) is 1. The van der Waals surface area contributed by atoms with Gasteiger partial charge in [0.05, 0.1) is 11.9 Å². The van der Waals surface area contributed by atoms with Gasteiger partial charge in [0.15, 0.2) is 9.84 Å². The van der Waals surface area contributed by atoms with Crippen LogP contribution in [0.3, 0.4) is 0 Å². The van der Waals surface area contributed by atoms with Crippen LogP contribution in [0, 0.1) is 5.92 Å². The van der Waals surface area contributed by atoms with Crippen LogP contribution in [0.25, 0.3) is 0 Å². The van der Waals surface area contributed by atoms with Crippen LogP contribution in [0.1, 0.15) is 39.0 Å². The van der Waals surface area contributed by atoms with Crippen molar-refractivity contribution < 1.29 is 13.5 Å². The first-order valence-corrected chi connectivity index (χ1v) is 7.15. The summed E-state index contributed by atoms with van der Waals surface area (Å²) in [4.78, 5) is 0. The first-order chi connectivity index (χ1) is 6.61. The van der Waals surface area contributed by atoms with Gasteiger partial charge in [-0.1, -0.05) is 26.2 Å². The Kier molecular flexibility index (Phi) is 4.38. The average Bonchev–Trinajstić information content (AvgIpc) is 2.20. The zero-order chi connectivity index (χ0) is 10.6. The van der Waals surface area contributed by atoms with E-state index in [0.717, 1.165) is 25.7 Å². The molecule has 1 N–H and O–H groups in total. The van der Waals surface area contributed by atoms with Gasteiger partial charge in [-0.25, -0.2) is 8.42 Å². The van der Waals surface area contributed by atoms with Crippen molar-refractivity contribution in [2.24, 2.45) is 5.92 Å². The van der Waals surface area contributed by atoms with Gasteiger partial charge in [-0.05, 0) is 18.8 Å². The topological polar surface area (TPSA) is 54.4 Å². The van der Waals surface area contributed by atoms with Crippen molar-refractivity contribution in [1.82, 2.24) is 0 Å². The molecule has 0 heterocycles. The van der Waals surface area contributed by atoms with Crippen LogP contribution in [0.15, 0.2) is 0 Å². The third-order valence-corrected chi connectivity index (χ3v) is 5.48. The van der Waals surface area contributed by atoms with E-state index in [1.54, 1.807) is 6.92 Å². The van der Waals surface area contributed by atoms with Crippen LogP contribution in [0.4, 0.5) is 0 Å². The largest absolute Gasteiger partial charge is 0.395 e. The van der Waals surface area contributed by atoms with E-state index in [1.165, 1.54) is 6.42 Å². The number of sulfone groups is 1. The smallest absolute Gasteiger partial charge is 0.155 e. The van der Waals surface area contributed by atoms with Gasteiger partial charge in [0, 0.05) is 5.75 Å². The first kappa shape index (κ1) is 12.0. The predicted molar refractivity (Wildman–Crippen MR) is 56.9 cm³/mol. The van der Waals surface area contributed by atoms with Crippen LogP contribution in [-0.4, -0.2) is 31.1 Å². The highest BCUT2D eigenvalue weighted by molar-refractivity contribution is 7.92. The number of hydrogen-bond acceptors (Lipinski definition) is 3. The standard InChI is InChI=1S/C10H20O3S/c1-2-14(12,13)10(8-11)9-6-4-3-5-7-9/h9-11H,2-8H2,1H3/t10-/m0/s1. The molecule has 1 rings (SSSR count). The van der Waals surface area contributed by atoms with Crippen LogP contribution in [0.2, 0.25) is 0 Å². The molecule has 3 nitrogen and oxygen atoms in total. The van der Waals surface area contributed by atoms with Gasteiger partial charge in [-0.2, -0.15) is 0 Å². The van der Waals surface area contributed by atoms with E-state index in [2.05, 4.69) is 0 Å². The van der Waals surface area contributed by atoms with Crippen molar-refractivity contribution in [3.63, 3.8) is 0 Å². The molecular formula is C10H20O3S. The summed E-state index contributed by atoms with van der Waals surface area (Å²) >= 11 is 0. The Hall–Kier alpha value is -0.0900. The minimum absolute atomic E-state index is 0.148. The summed E-state index contributed by atoms with van der Waals surface area (Å²) in [5.74, 6) is 0.341. The SMILES string of the molecule is CCS(=O)(=O)[C@@H](CO)C1CCCCC1. The van der Waals surface area contributed by atoms with Gasteiger partial charge in [0.25, 0.3) is 0 Å². The summed E-state index contributed by atoms with van der Waals surface area (Å²) in [6.07, 6.45) is 5.36. The van der Waals surface area contributed by atoms with E-state index in [9.17, 15) is 8.42 Å². The number of rotatable bonds is 4. The predicted octanol–water partition coefficient (Wildman–Crippen LogP) is 1.36. The highest BCUT2D eigenvalue weighted by atomic mass is 32.2. The van der Waals surface area contributed by atoms with Gasteiger partial charge >= 0.3 is 0 Å². The van der Waals surface area contributed by atoms with E-state index >= 15 is 0 Å². The molecule has 1 aliphatic rings. The Labute approximate surface area is 86.4 Å². The molecule has 1 saturated carbocycles. The van der Waals surface area contributed by atoms with Crippen molar-refractivity contribution in [2.75, 3.05) is 12.4 Å². The Morgan fingerprint density at radius 1 is 1.29 bits per heavy atom. The highest BCUT2D eigenvalue weighted by Crippen LogP contribution is 2.29. The maximum absolute atomic E-state index is 11.7. The second-order valence-electron chi connectivity index (χ2n) is 4.07. The molecule has 0 bridgehead atoms. The zero-order valence-corrected chi connectivity index (χ0v) is 9.59. The summed E-state index contributed by atoms with van der Waals surface area (Å²) < 4.78 is 23.3. The molecular weight excluding hydrogens is 200 g/mol. The molecule has 84 valence electrons. The van der Waals surface area contributed by atoms with E-state index in [0.29, 0.717) is 0 Å². The van der Waals surface area contributed by atoms with Gasteiger partial charge < -0.3 is 5.11 Å². The van der Waals surface area contributed by atoms with Gasteiger partial charge in [-0.3, -0.25) is 0 Å². The molecule has 0 aromatic heterocycles. The molecule has 4 heteroatoms. The molecule has 1 atom stereocenters. The molecule has 0 unspecified atom stereocenters. The third kappa shape index (κ3) is 2.70. The number of aliphatic hydroxyl groups excluding tert-OH is 1. The maximum Gasteiger partial charge on any atom is 0.155 e. The Morgan fingerprint density at radius 3 is 2.29 bits per heavy atom. The Balaban J connectivity index is 2.70. The second-order valence-corrected chi connectivity index (χ2v) is 6.58. The van der Waals surface area contributed by atoms with Crippen LogP contribution < -0.4 is 0 Å². The highest BCUT2D eigenvalue weighted by Gasteiger charge is 2.32. The van der Waals surface area contributed by atoms with Crippen molar-refractivity contribution in [1.29, 1.82) is 0 Å². The second kappa shape index (κ2) is 5.12. The molecule has 0 amide bonds. The first-order valence-electron chi connectivity index (χ1n) is 5.44. The van der Waals surface area contributed by atoms with Gasteiger partial charge in [-0.15, -0.1) is 0 Å².